The fourth-order valence-corrected chi connectivity index (χ4v) is 2.23. The van der Waals surface area contributed by atoms with Crippen molar-refractivity contribution in [2.24, 2.45) is 0 Å². The summed E-state index contributed by atoms with van der Waals surface area (Å²) in [5.74, 6) is -0.374. The zero-order valence-electron chi connectivity index (χ0n) is 10.1. The Bertz CT molecular complexity index is 508. The third-order valence-corrected chi connectivity index (χ3v) is 3.40. The van der Waals surface area contributed by atoms with E-state index in [0.29, 0.717) is 22.3 Å². The minimum atomic E-state index is -0.383. The lowest BCUT2D eigenvalue weighted by Gasteiger charge is -2.19. The van der Waals surface area contributed by atoms with Gasteiger partial charge in [0, 0.05) is 5.02 Å². The molecule has 0 spiro atoms. The first-order valence-electron chi connectivity index (χ1n) is 5.92. The van der Waals surface area contributed by atoms with Gasteiger partial charge in [0.25, 0.3) is 5.91 Å². The molecule has 102 valence electrons. The van der Waals surface area contributed by atoms with Crippen molar-refractivity contribution in [2.75, 3.05) is 18.4 Å². The number of anilines is 1. The van der Waals surface area contributed by atoms with Gasteiger partial charge in [-0.15, -0.1) is 0 Å². The average molecular weight is 303 g/mol. The molecule has 1 atom stereocenters. The first-order chi connectivity index (χ1) is 9.06. The third-order valence-electron chi connectivity index (χ3n) is 2.84. The highest BCUT2D eigenvalue weighted by Gasteiger charge is 2.27. The second kappa shape index (κ2) is 6.23. The second-order valence-electron chi connectivity index (χ2n) is 4.30. The van der Waals surface area contributed by atoms with Crippen LogP contribution in [0.1, 0.15) is 6.42 Å². The Kier molecular flexibility index (Phi) is 4.63. The first-order valence-corrected chi connectivity index (χ1v) is 6.68. The van der Waals surface area contributed by atoms with E-state index >= 15 is 0 Å². The number of hydrogen-bond donors (Lipinski definition) is 3. The van der Waals surface area contributed by atoms with Gasteiger partial charge in [0.05, 0.1) is 30.2 Å². The maximum Gasteiger partial charge on any atom is 0.278 e. The van der Waals surface area contributed by atoms with E-state index in [1.54, 1.807) is 18.2 Å². The van der Waals surface area contributed by atoms with Crippen molar-refractivity contribution >= 4 is 40.7 Å². The van der Waals surface area contributed by atoms with Gasteiger partial charge in [-0.2, -0.15) is 0 Å². The van der Waals surface area contributed by atoms with Crippen LogP contribution >= 0.6 is 23.2 Å². The van der Waals surface area contributed by atoms with Crippen molar-refractivity contribution in [3.05, 3.63) is 28.2 Å². The Morgan fingerprint density at radius 2 is 2.26 bits per heavy atom. The number of hydrogen-bond acceptors (Lipinski definition) is 2. The molecule has 0 aliphatic carbocycles. The lowest BCUT2D eigenvalue weighted by atomic mass is 10.1. The van der Waals surface area contributed by atoms with E-state index in [0.717, 1.165) is 6.54 Å². The molecule has 2 amide bonds. The van der Waals surface area contributed by atoms with E-state index in [4.69, 9.17) is 23.2 Å². The van der Waals surface area contributed by atoms with Crippen molar-refractivity contribution in [2.45, 2.75) is 12.5 Å². The number of piperazine rings is 1. The van der Waals surface area contributed by atoms with E-state index in [1.807, 2.05) is 5.32 Å². The molecule has 7 heteroatoms. The number of benzene rings is 1. The number of carbonyl (C=O) groups is 2. The highest BCUT2D eigenvalue weighted by atomic mass is 35.5. The van der Waals surface area contributed by atoms with Crippen LogP contribution < -0.4 is 16.0 Å². The third kappa shape index (κ3) is 3.83. The summed E-state index contributed by atoms with van der Waals surface area (Å²) in [6.45, 7) is 1.42. The van der Waals surface area contributed by atoms with E-state index in [-0.39, 0.29) is 24.3 Å². The largest absolute Gasteiger partial charge is 0.345 e. The van der Waals surface area contributed by atoms with Crippen LogP contribution in [0.4, 0.5) is 5.69 Å². The quantitative estimate of drug-likeness (QED) is 0.755. The smallest absolute Gasteiger partial charge is 0.278 e. The zero-order valence-corrected chi connectivity index (χ0v) is 11.6. The van der Waals surface area contributed by atoms with Gasteiger partial charge < -0.3 is 16.0 Å². The Morgan fingerprint density at radius 1 is 1.47 bits per heavy atom. The molecule has 0 aromatic heterocycles. The topological polar surface area (TPSA) is 74.8 Å². The van der Waals surface area contributed by atoms with E-state index in [2.05, 4.69) is 10.6 Å². The molecule has 1 heterocycles. The van der Waals surface area contributed by atoms with E-state index in [1.165, 1.54) is 0 Å². The first kappa shape index (κ1) is 14.1. The molecule has 0 radical (unpaired) electrons. The number of amides is 2. The van der Waals surface area contributed by atoms with Crippen molar-refractivity contribution in [1.82, 2.24) is 5.32 Å². The van der Waals surface area contributed by atoms with Crippen LogP contribution in [0.15, 0.2) is 18.2 Å². The highest BCUT2D eigenvalue weighted by Crippen LogP contribution is 2.25. The van der Waals surface area contributed by atoms with Gasteiger partial charge in [0.1, 0.15) is 0 Å². The summed E-state index contributed by atoms with van der Waals surface area (Å²) in [5, 5.41) is 8.15. The Morgan fingerprint density at radius 3 is 3.00 bits per heavy atom. The number of nitrogens with one attached hydrogen (secondary N) is 2. The summed E-state index contributed by atoms with van der Waals surface area (Å²) >= 11 is 11.8. The molecule has 4 N–H and O–H groups in total. The molecule has 1 aliphatic rings. The predicted molar refractivity (Wildman–Crippen MR) is 73.3 cm³/mol. The second-order valence-corrected chi connectivity index (χ2v) is 5.14. The molecule has 2 rings (SSSR count). The molecule has 1 fully saturated rings. The van der Waals surface area contributed by atoms with E-state index < -0.39 is 0 Å². The molecular weight excluding hydrogens is 289 g/mol. The summed E-state index contributed by atoms with van der Waals surface area (Å²) in [6.07, 6.45) is 0.106. The summed E-state index contributed by atoms with van der Waals surface area (Å²) in [6, 6.07) is 4.44. The summed E-state index contributed by atoms with van der Waals surface area (Å²) in [5.41, 5.74) is 0.454. The number of quaternary nitrogens is 1. The van der Waals surface area contributed by atoms with Gasteiger partial charge in [0.2, 0.25) is 5.91 Å². The highest BCUT2D eigenvalue weighted by molar-refractivity contribution is 6.35. The van der Waals surface area contributed by atoms with Crippen LogP contribution in [0.25, 0.3) is 0 Å². The molecule has 5 nitrogen and oxygen atoms in total. The van der Waals surface area contributed by atoms with E-state index in [9.17, 15) is 9.59 Å². The zero-order chi connectivity index (χ0) is 13.8. The van der Waals surface area contributed by atoms with Crippen LogP contribution in [-0.2, 0) is 9.59 Å². The molecule has 0 bridgehead atoms. The standard InChI is InChI=1S/C12H13Cl2N3O2/c13-7-1-2-8(14)9(5-7)17-11(18)6-10-12(19)16-4-3-15-10/h1-2,5,10,15H,3-4,6H2,(H,16,19)(H,17,18)/p+1/t10-/m1/s1. The average Bonchev–Trinajstić information content (AvgIpc) is 2.37. The Hall–Kier alpha value is -1.30. The van der Waals surface area contributed by atoms with Crippen LogP contribution in [0, 0.1) is 0 Å². The van der Waals surface area contributed by atoms with Crippen LogP contribution in [0.3, 0.4) is 0 Å². The molecule has 1 aromatic carbocycles. The number of rotatable bonds is 3. The predicted octanol–water partition coefficient (Wildman–Crippen LogP) is 0.384. The molecule has 19 heavy (non-hydrogen) atoms. The Labute approximate surface area is 120 Å². The number of nitrogens with two attached hydrogens (primary N) is 1. The van der Waals surface area contributed by atoms with Gasteiger partial charge in [-0.25, -0.2) is 0 Å². The van der Waals surface area contributed by atoms with Gasteiger partial charge >= 0.3 is 0 Å². The number of carbonyl (C=O) groups excluding carboxylic acids is 2. The molecule has 1 aliphatic heterocycles. The normalized spacial score (nSPS) is 18.8. The van der Waals surface area contributed by atoms with Crippen molar-refractivity contribution < 1.29 is 14.9 Å². The summed E-state index contributed by atoms with van der Waals surface area (Å²) in [7, 11) is 0. The van der Waals surface area contributed by atoms with Gasteiger partial charge in [0.15, 0.2) is 6.04 Å². The molecule has 1 saturated heterocycles. The minimum Gasteiger partial charge on any atom is -0.345 e. The lowest BCUT2D eigenvalue weighted by Crippen LogP contribution is -2.96. The monoisotopic (exact) mass is 302 g/mol. The molecular formula is C12H14Cl2N3O2+. The maximum atomic E-state index is 11.9. The SMILES string of the molecule is O=C(C[C@H]1[NH2+]CCNC1=O)Nc1cc(Cl)ccc1Cl. The van der Waals surface area contributed by atoms with Crippen molar-refractivity contribution in [1.29, 1.82) is 0 Å². The van der Waals surface area contributed by atoms with Gasteiger partial charge in [-0.1, -0.05) is 23.2 Å². The summed E-state index contributed by atoms with van der Waals surface area (Å²) < 4.78 is 0. The summed E-state index contributed by atoms with van der Waals surface area (Å²) in [4.78, 5) is 23.4. The fraction of sp³-hybridized carbons (Fsp3) is 0.333. The molecule has 0 saturated carbocycles. The fourth-order valence-electron chi connectivity index (χ4n) is 1.89. The Balaban J connectivity index is 1.97. The lowest BCUT2D eigenvalue weighted by molar-refractivity contribution is -0.678. The van der Waals surface area contributed by atoms with Crippen LogP contribution in [0.5, 0.6) is 0 Å². The van der Waals surface area contributed by atoms with Crippen LogP contribution in [-0.4, -0.2) is 30.9 Å². The van der Waals surface area contributed by atoms with Gasteiger partial charge in [-0.05, 0) is 18.2 Å². The molecule has 1 aromatic rings. The number of halogens is 2. The van der Waals surface area contributed by atoms with Crippen LogP contribution in [0.2, 0.25) is 10.0 Å². The maximum absolute atomic E-state index is 11.9. The van der Waals surface area contributed by atoms with Gasteiger partial charge in [-0.3, -0.25) is 9.59 Å². The minimum absolute atomic E-state index is 0.106. The van der Waals surface area contributed by atoms with Crippen molar-refractivity contribution in [3.63, 3.8) is 0 Å². The van der Waals surface area contributed by atoms with Crippen molar-refractivity contribution in [3.8, 4) is 0 Å². The molecule has 0 unspecified atom stereocenters.